The Morgan fingerprint density at radius 2 is 1.83 bits per heavy atom. The number of hydrogen-bond acceptors (Lipinski definition) is 4. The number of carbonyl (C=O) groups excluding carboxylic acids is 1. The molecule has 6 heteroatoms. The molecule has 0 saturated heterocycles. The molecule has 3 rings (SSSR count). The highest BCUT2D eigenvalue weighted by molar-refractivity contribution is 5.94. The molecular weight excluding hydrogens is 378 g/mol. The summed E-state index contributed by atoms with van der Waals surface area (Å²) < 4.78 is 13.1. The van der Waals surface area contributed by atoms with Gasteiger partial charge in [0.2, 0.25) is 0 Å². The normalized spacial score (nSPS) is 10.9. The van der Waals surface area contributed by atoms with Gasteiger partial charge in [-0.1, -0.05) is 24.3 Å². The second kappa shape index (κ2) is 9.48. The number of nitrogens with one attached hydrogen (secondary N) is 1. The van der Waals surface area contributed by atoms with Crippen molar-refractivity contribution >= 4 is 5.91 Å². The maximum Gasteiger partial charge on any atom is 0.251 e. The van der Waals surface area contributed by atoms with Gasteiger partial charge in [0.05, 0.1) is 25.5 Å². The van der Waals surface area contributed by atoms with Crippen LogP contribution in [0.2, 0.25) is 0 Å². The van der Waals surface area contributed by atoms with Gasteiger partial charge in [0.15, 0.2) is 11.5 Å². The van der Waals surface area contributed by atoms with E-state index < -0.39 is 0 Å². The van der Waals surface area contributed by atoms with Gasteiger partial charge in [-0.05, 0) is 63.1 Å². The largest absolute Gasteiger partial charge is 0.493 e. The molecule has 0 unspecified atom stereocenters. The number of carbonyl (C=O) groups is 1. The smallest absolute Gasteiger partial charge is 0.251 e. The first-order valence-electron chi connectivity index (χ1n) is 10.1. The molecule has 1 amide bonds. The average molecular weight is 408 g/mol. The van der Waals surface area contributed by atoms with Gasteiger partial charge in [-0.25, -0.2) is 0 Å². The van der Waals surface area contributed by atoms with Crippen molar-refractivity contribution in [2.75, 3.05) is 7.11 Å². The van der Waals surface area contributed by atoms with Crippen LogP contribution >= 0.6 is 0 Å². The number of aromatic nitrogens is 2. The van der Waals surface area contributed by atoms with Crippen molar-refractivity contribution in [1.82, 2.24) is 15.1 Å². The zero-order valence-electron chi connectivity index (χ0n) is 18.2. The van der Waals surface area contributed by atoms with Crippen molar-refractivity contribution in [2.24, 2.45) is 0 Å². The summed E-state index contributed by atoms with van der Waals surface area (Å²) in [6.45, 7) is 9.08. The summed E-state index contributed by atoms with van der Waals surface area (Å²) in [5.41, 5.74) is 4.85. The second-order valence-electron chi connectivity index (χ2n) is 7.62. The van der Waals surface area contributed by atoms with Crippen LogP contribution in [-0.2, 0) is 13.1 Å². The van der Waals surface area contributed by atoms with Gasteiger partial charge in [-0.2, -0.15) is 5.10 Å². The van der Waals surface area contributed by atoms with E-state index in [9.17, 15) is 4.79 Å². The molecule has 0 aliphatic heterocycles. The SMILES string of the molecule is COc1cc(C(=O)NCc2cccc(Cn3nc(C)cc3C)c2)ccc1OC(C)C. The fourth-order valence-corrected chi connectivity index (χ4v) is 3.29. The zero-order valence-corrected chi connectivity index (χ0v) is 18.2. The zero-order chi connectivity index (χ0) is 21.7. The van der Waals surface area contributed by atoms with Crippen molar-refractivity contribution < 1.29 is 14.3 Å². The molecule has 30 heavy (non-hydrogen) atoms. The Balaban J connectivity index is 1.65. The van der Waals surface area contributed by atoms with Crippen LogP contribution in [0.25, 0.3) is 0 Å². The molecule has 0 fully saturated rings. The summed E-state index contributed by atoms with van der Waals surface area (Å²) >= 11 is 0. The molecule has 0 spiro atoms. The van der Waals surface area contributed by atoms with Gasteiger partial charge in [0, 0.05) is 17.8 Å². The van der Waals surface area contributed by atoms with Crippen LogP contribution in [0.4, 0.5) is 0 Å². The number of nitrogens with zero attached hydrogens (tertiary/aromatic N) is 2. The van der Waals surface area contributed by atoms with Crippen LogP contribution in [0.15, 0.2) is 48.5 Å². The lowest BCUT2D eigenvalue weighted by Crippen LogP contribution is -2.23. The predicted octanol–water partition coefficient (Wildman–Crippen LogP) is 4.27. The number of hydrogen-bond donors (Lipinski definition) is 1. The molecule has 0 radical (unpaired) electrons. The van der Waals surface area contributed by atoms with Crippen molar-refractivity contribution in [2.45, 2.75) is 46.9 Å². The third-order valence-electron chi connectivity index (χ3n) is 4.67. The van der Waals surface area contributed by atoms with Crippen LogP contribution in [0.3, 0.4) is 0 Å². The Labute approximate surface area is 177 Å². The van der Waals surface area contributed by atoms with E-state index in [0.29, 0.717) is 30.2 Å². The molecule has 3 aromatic rings. The number of benzene rings is 2. The maximum absolute atomic E-state index is 12.6. The maximum atomic E-state index is 12.6. The first kappa shape index (κ1) is 21.4. The monoisotopic (exact) mass is 407 g/mol. The summed E-state index contributed by atoms with van der Waals surface area (Å²) in [5.74, 6) is 1.01. The molecule has 0 atom stereocenters. The van der Waals surface area contributed by atoms with Gasteiger partial charge < -0.3 is 14.8 Å². The molecule has 0 bridgehead atoms. The number of aryl methyl sites for hydroxylation is 2. The fourth-order valence-electron chi connectivity index (χ4n) is 3.29. The number of rotatable bonds is 8. The van der Waals surface area contributed by atoms with E-state index >= 15 is 0 Å². The summed E-state index contributed by atoms with van der Waals surface area (Å²) in [6, 6.07) is 15.4. The fraction of sp³-hybridized carbons (Fsp3) is 0.333. The molecule has 1 heterocycles. The average Bonchev–Trinajstić information content (AvgIpc) is 3.03. The Morgan fingerprint density at radius 3 is 2.50 bits per heavy atom. The molecule has 6 nitrogen and oxygen atoms in total. The summed E-state index contributed by atoms with van der Waals surface area (Å²) in [6.07, 6.45) is 0.0281. The highest BCUT2D eigenvalue weighted by Gasteiger charge is 2.12. The van der Waals surface area contributed by atoms with Crippen LogP contribution < -0.4 is 14.8 Å². The molecule has 0 aliphatic rings. The first-order valence-corrected chi connectivity index (χ1v) is 10.1. The second-order valence-corrected chi connectivity index (χ2v) is 7.62. The topological polar surface area (TPSA) is 65.4 Å². The number of methoxy groups -OCH3 is 1. The molecule has 1 N–H and O–H groups in total. The van der Waals surface area contributed by atoms with Crippen molar-refractivity contribution in [3.63, 3.8) is 0 Å². The third-order valence-corrected chi connectivity index (χ3v) is 4.67. The van der Waals surface area contributed by atoms with E-state index in [4.69, 9.17) is 9.47 Å². The number of amides is 1. The third kappa shape index (κ3) is 5.41. The van der Waals surface area contributed by atoms with Crippen LogP contribution in [-0.4, -0.2) is 28.9 Å². The minimum atomic E-state index is -0.159. The van der Waals surface area contributed by atoms with Crippen molar-refractivity contribution in [3.05, 3.63) is 76.6 Å². The molecule has 2 aromatic carbocycles. The first-order chi connectivity index (χ1) is 14.4. The Hall–Kier alpha value is -3.28. The van der Waals surface area contributed by atoms with E-state index in [0.717, 1.165) is 22.5 Å². The van der Waals surface area contributed by atoms with Gasteiger partial charge in [-0.3, -0.25) is 9.48 Å². The highest BCUT2D eigenvalue weighted by atomic mass is 16.5. The summed E-state index contributed by atoms with van der Waals surface area (Å²) in [5, 5.41) is 7.49. The van der Waals surface area contributed by atoms with E-state index in [1.54, 1.807) is 25.3 Å². The van der Waals surface area contributed by atoms with E-state index in [1.807, 2.05) is 37.6 Å². The molecule has 0 saturated carbocycles. The minimum Gasteiger partial charge on any atom is -0.493 e. The lowest BCUT2D eigenvalue weighted by molar-refractivity contribution is 0.0950. The standard InChI is InChI=1S/C24H29N3O3/c1-16(2)30-22-10-9-21(13-23(22)29-5)24(28)25-14-19-7-6-8-20(12-19)15-27-18(4)11-17(3)26-27/h6-13,16H,14-15H2,1-5H3,(H,25,28). The van der Waals surface area contributed by atoms with Gasteiger partial charge >= 0.3 is 0 Å². The summed E-state index contributed by atoms with van der Waals surface area (Å²) in [4.78, 5) is 12.6. The van der Waals surface area contributed by atoms with Crippen LogP contribution in [0, 0.1) is 13.8 Å². The Kier molecular flexibility index (Phi) is 6.77. The highest BCUT2D eigenvalue weighted by Crippen LogP contribution is 2.29. The molecule has 158 valence electrons. The Morgan fingerprint density at radius 1 is 1.07 bits per heavy atom. The predicted molar refractivity (Wildman–Crippen MR) is 117 cm³/mol. The Bertz CT molecular complexity index is 1020. The lowest BCUT2D eigenvalue weighted by Gasteiger charge is -2.14. The van der Waals surface area contributed by atoms with Gasteiger partial charge in [-0.15, -0.1) is 0 Å². The van der Waals surface area contributed by atoms with Crippen LogP contribution in [0.1, 0.15) is 46.7 Å². The quantitative estimate of drug-likeness (QED) is 0.605. The van der Waals surface area contributed by atoms with Gasteiger partial charge in [0.1, 0.15) is 0 Å². The molecular formula is C24H29N3O3. The van der Waals surface area contributed by atoms with E-state index in [1.165, 1.54) is 0 Å². The summed E-state index contributed by atoms with van der Waals surface area (Å²) in [7, 11) is 1.57. The molecule has 1 aromatic heterocycles. The van der Waals surface area contributed by atoms with Crippen LogP contribution in [0.5, 0.6) is 11.5 Å². The molecule has 0 aliphatic carbocycles. The lowest BCUT2D eigenvalue weighted by atomic mass is 10.1. The van der Waals surface area contributed by atoms with E-state index in [2.05, 4.69) is 35.5 Å². The minimum absolute atomic E-state index is 0.0281. The van der Waals surface area contributed by atoms with Gasteiger partial charge in [0.25, 0.3) is 5.91 Å². The van der Waals surface area contributed by atoms with Crippen molar-refractivity contribution in [3.8, 4) is 11.5 Å². The number of ether oxygens (including phenoxy) is 2. The van der Waals surface area contributed by atoms with E-state index in [-0.39, 0.29) is 12.0 Å². The van der Waals surface area contributed by atoms with Crippen molar-refractivity contribution in [1.29, 1.82) is 0 Å².